The van der Waals surface area contributed by atoms with Crippen LogP contribution in [0.1, 0.15) is 130 Å². The van der Waals surface area contributed by atoms with Crippen LogP contribution in [0.2, 0.25) is 0 Å². The van der Waals surface area contributed by atoms with Crippen molar-refractivity contribution in [2.75, 3.05) is 0 Å². The lowest BCUT2D eigenvalue weighted by Gasteiger charge is -2.33. The second kappa shape index (κ2) is 12.1. The zero-order valence-corrected chi connectivity index (χ0v) is 28.3. The highest BCUT2D eigenvalue weighted by Crippen LogP contribution is 2.42. The van der Waals surface area contributed by atoms with Gasteiger partial charge in [-0.1, -0.05) is 118 Å². The lowest BCUT2D eigenvalue weighted by atomic mass is 9.78. The molecule has 0 fully saturated rings. The fourth-order valence-corrected chi connectivity index (χ4v) is 5.15. The SMILES string of the molecule is CC(C)O.Cc1cc(C(C)(C)C)c([O][AlH][O]c2c(C(C)(C)C)cc(C)cc2C(C)(C)C)c(C(C)(C)C)c1. The fourth-order valence-electron chi connectivity index (χ4n) is 4.23. The van der Waals surface area contributed by atoms with E-state index in [1.165, 1.54) is 33.4 Å². The molecule has 0 amide bonds. The van der Waals surface area contributed by atoms with Crippen LogP contribution in [-0.2, 0) is 21.7 Å². The van der Waals surface area contributed by atoms with Gasteiger partial charge >= 0.3 is 15.9 Å². The van der Waals surface area contributed by atoms with Gasteiger partial charge in [-0.15, -0.1) is 0 Å². The minimum absolute atomic E-state index is 0.00719. The highest BCUT2D eigenvalue weighted by atomic mass is 27.2. The highest BCUT2D eigenvalue weighted by molar-refractivity contribution is 6.21. The van der Waals surface area contributed by atoms with Gasteiger partial charge in [0.05, 0.1) is 11.5 Å². The molecule has 0 aliphatic heterocycles. The lowest BCUT2D eigenvalue weighted by molar-refractivity contribution is 0.216. The number of hydrogen-bond acceptors (Lipinski definition) is 3. The maximum absolute atomic E-state index is 8.06. The van der Waals surface area contributed by atoms with Gasteiger partial charge in [-0.2, -0.15) is 0 Å². The van der Waals surface area contributed by atoms with Crippen molar-refractivity contribution in [3.05, 3.63) is 57.6 Å². The van der Waals surface area contributed by atoms with E-state index in [9.17, 15) is 0 Å². The van der Waals surface area contributed by atoms with Crippen molar-refractivity contribution < 1.29 is 12.7 Å². The molecule has 0 spiro atoms. The van der Waals surface area contributed by atoms with Crippen LogP contribution in [0.4, 0.5) is 0 Å². The summed E-state index contributed by atoms with van der Waals surface area (Å²) >= 11 is -1.33. The molecule has 2 aromatic rings. The molecule has 3 nitrogen and oxygen atoms in total. The van der Waals surface area contributed by atoms with Crippen LogP contribution < -0.4 is 7.58 Å². The average molecular weight is 527 g/mol. The summed E-state index contributed by atoms with van der Waals surface area (Å²) in [4.78, 5) is 0. The van der Waals surface area contributed by atoms with Crippen molar-refractivity contribution in [3.8, 4) is 11.5 Å². The second-order valence-electron chi connectivity index (χ2n) is 14.9. The third kappa shape index (κ3) is 9.97. The van der Waals surface area contributed by atoms with E-state index in [0.717, 1.165) is 11.5 Å². The molecule has 0 saturated heterocycles. The molecule has 0 bridgehead atoms. The van der Waals surface area contributed by atoms with Crippen LogP contribution in [-0.4, -0.2) is 27.1 Å². The van der Waals surface area contributed by atoms with E-state index in [1.54, 1.807) is 13.8 Å². The molecule has 1 N–H and O–H groups in total. The molecule has 0 aliphatic carbocycles. The van der Waals surface area contributed by atoms with Gasteiger partial charge in [-0.25, -0.2) is 0 Å². The Morgan fingerprint density at radius 2 is 0.730 bits per heavy atom. The van der Waals surface area contributed by atoms with Gasteiger partial charge in [0.25, 0.3) is 0 Å². The summed E-state index contributed by atoms with van der Waals surface area (Å²) in [5.41, 5.74) is 7.59. The molecule has 2 aromatic carbocycles. The van der Waals surface area contributed by atoms with Crippen molar-refractivity contribution in [2.24, 2.45) is 0 Å². The van der Waals surface area contributed by atoms with E-state index in [4.69, 9.17) is 12.7 Å². The molecule has 0 radical (unpaired) electrons. The maximum Gasteiger partial charge on any atom is 0.832 e. The lowest BCUT2D eigenvalue weighted by Crippen LogP contribution is -2.25. The van der Waals surface area contributed by atoms with Crippen LogP contribution in [0.15, 0.2) is 24.3 Å². The zero-order valence-electron chi connectivity index (χ0n) is 26.9. The van der Waals surface area contributed by atoms with Gasteiger partial charge in [0.2, 0.25) is 0 Å². The molecule has 0 aliphatic rings. The van der Waals surface area contributed by atoms with Gasteiger partial charge in [-0.05, 0) is 71.6 Å². The predicted octanol–water partition coefficient (Wildman–Crippen LogP) is 8.60. The molecular weight excluding hydrogens is 471 g/mol. The Labute approximate surface area is 235 Å². The first kappa shape index (κ1) is 33.6. The molecule has 0 saturated carbocycles. The van der Waals surface area contributed by atoms with E-state index < -0.39 is 15.9 Å². The number of benzene rings is 2. The van der Waals surface area contributed by atoms with Gasteiger partial charge in [0.1, 0.15) is 0 Å². The Morgan fingerprint density at radius 3 is 0.892 bits per heavy atom. The van der Waals surface area contributed by atoms with Crippen molar-refractivity contribution in [2.45, 2.75) is 139 Å². The molecule has 0 aromatic heterocycles. The minimum atomic E-state index is -1.33. The quantitative estimate of drug-likeness (QED) is 0.405. The average Bonchev–Trinajstić information content (AvgIpc) is 2.65. The molecule has 208 valence electrons. The molecular formula is C33H55AlO3. The standard InChI is InChI=1S/2C15H24O.C3H8O.Al.H/c2*1-10-8-11(14(2,3)4)13(16)12(9-10)15(5,6)7;1-3(2)4;;/h2*8-9,16H,1-7H3;3-4H,1-2H3;;/q;;;+2;/p-2. The largest absolute Gasteiger partial charge is 0.832 e. The number of hydrogen-bond donors (Lipinski definition) is 1. The number of aliphatic hydroxyl groups excluding tert-OH is 1. The van der Waals surface area contributed by atoms with Crippen molar-refractivity contribution in [1.29, 1.82) is 0 Å². The summed E-state index contributed by atoms with van der Waals surface area (Å²) in [6.45, 7) is 35.0. The van der Waals surface area contributed by atoms with Gasteiger partial charge < -0.3 is 12.7 Å². The maximum atomic E-state index is 8.06. The first-order valence-electron chi connectivity index (χ1n) is 13.7. The fraction of sp³-hybridized carbons (Fsp3) is 0.636. The Morgan fingerprint density at radius 1 is 0.541 bits per heavy atom. The first-order valence-corrected chi connectivity index (χ1v) is 14.9. The number of rotatable bonds is 4. The second-order valence-corrected chi connectivity index (χ2v) is 15.7. The molecule has 37 heavy (non-hydrogen) atoms. The first-order chi connectivity index (χ1) is 16.5. The third-order valence-electron chi connectivity index (χ3n) is 6.11. The predicted molar refractivity (Wildman–Crippen MR) is 163 cm³/mol. The zero-order chi connectivity index (χ0) is 29.1. The van der Waals surface area contributed by atoms with E-state index >= 15 is 0 Å². The summed E-state index contributed by atoms with van der Waals surface area (Å²) in [5, 5.41) is 8.06. The Balaban J connectivity index is 0.00000159. The van der Waals surface area contributed by atoms with Crippen LogP contribution in [0.25, 0.3) is 0 Å². The smallest absolute Gasteiger partial charge is 0.614 e. The molecule has 0 unspecified atom stereocenters. The molecule has 4 heteroatoms. The van der Waals surface area contributed by atoms with Crippen LogP contribution in [0.5, 0.6) is 11.5 Å². The van der Waals surface area contributed by atoms with Crippen LogP contribution in [0, 0.1) is 13.8 Å². The van der Waals surface area contributed by atoms with Crippen molar-refractivity contribution >= 4 is 15.9 Å². The van der Waals surface area contributed by atoms with Gasteiger partial charge in [0.15, 0.2) is 0 Å². The number of aryl methyl sites for hydroxylation is 2. The summed E-state index contributed by atoms with van der Waals surface area (Å²) in [6, 6.07) is 9.13. The monoisotopic (exact) mass is 526 g/mol. The van der Waals surface area contributed by atoms with Crippen LogP contribution in [0.3, 0.4) is 0 Å². The summed E-state index contributed by atoms with van der Waals surface area (Å²) in [6.07, 6.45) is -0.167. The molecule has 0 heterocycles. The van der Waals surface area contributed by atoms with Gasteiger partial charge in [-0.3, -0.25) is 0 Å². The van der Waals surface area contributed by atoms with E-state index in [2.05, 4.69) is 121 Å². The van der Waals surface area contributed by atoms with E-state index in [-0.39, 0.29) is 27.8 Å². The Kier molecular flexibility index (Phi) is 11.0. The normalized spacial score (nSPS) is 12.7. The van der Waals surface area contributed by atoms with Gasteiger partial charge in [0, 0.05) is 6.10 Å². The molecule has 2 rings (SSSR count). The Bertz CT molecular complexity index is 885. The minimum Gasteiger partial charge on any atom is -0.614 e. The van der Waals surface area contributed by atoms with Crippen molar-refractivity contribution in [1.82, 2.24) is 0 Å². The Hall–Kier alpha value is -1.47. The third-order valence-corrected chi connectivity index (χ3v) is 6.92. The molecule has 0 atom stereocenters. The summed E-state index contributed by atoms with van der Waals surface area (Å²) in [5.74, 6) is 2.04. The summed E-state index contributed by atoms with van der Waals surface area (Å²) in [7, 11) is 0. The highest BCUT2D eigenvalue weighted by Gasteiger charge is 2.30. The van der Waals surface area contributed by atoms with Crippen molar-refractivity contribution in [3.63, 3.8) is 0 Å². The van der Waals surface area contributed by atoms with E-state index in [1.807, 2.05) is 0 Å². The van der Waals surface area contributed by atoms with Crippen LogP contribution >= 0.6 is 0 Å². The summed E-state index contributed by atoms with van der Waals surface area (Å²) < 4.78 is 13.3. The number of aliphatic hydroxyl groups is 1. The topological polar surface area (TPSA) is 38.7 Å². The van der Waals surface area contributed by atoms with E-state index in [0.29, 0.717) is 0 Å².